The number of halogens is 4. The molecule has 2 aromatic rings. The van der Waals surface area contributed by atoms with Gasteiger partial charge in [-0.05, 0) is 53.2 Å². The first kappa shape index (κ1) is 19.4. The Hall–Kier alpha value is -1.37. The second-order valence-corrected chi connectivity index (χ2v) is 7.85. The Kier molecular flexibility index (Phi) is 6.05. The number of imide groups is 1. The van der Waals surface area contributed by atoms with Crippen LogP contribution in [-0.2, 0) is 11.4 Å². The monoisotopic (exact) mass is 447 g/mol. The van der Waals surface area contributed by atoms with Crippen LogP contribution in [0.5, 0.6) is 5.75 Å². The van der Waals surface area contributed by atoms with Crippen LogP contribution in [-0.4, -0.2) is 11.1 Å². The highest BCUT2D eigenvalue weighted by molar-refractivity contribution is 8.18. The molecule has 3 rings (SSSR count). The normalized spacial score (nSPS) is 15.5. The molecule has 0 aromatic heterocycles. The number of rotatable bonds is 4. The summed E-state index contributed by atoms with van der Waals surface area (Å²) in [6.07, 6.45) is 1.53. The van der Waals surface area contributed by atoms with Crippen molar-refractivity contribution >= 4 is 75.4 Å². The summed E-state index contributed by atoms with van der Waals surface area (Å²) in [5.41, 5.74) is 1.38. The molecule has 0 bridgehead atoms. The number of thioether (sulfide) groups is 1. The van der Waals surface area contributed by atoms with E-state index in [4.69, 9.17) is 51.1 Å². The molecule has 26 heavy (non-hydrogen) atoms. The first-order valence-electron chi connectivity index (χ1n) is 7.14. The van der Waals surface area contributed by atoms with Crippen LogP contribution < -0.4 is 10.1 Å². The van der Waals surface area contributed by atoms with Gasteiger partial charge in [0.2, 0.25) is 0 Å². The molecule has 1 aliphatic rings. The Balaban J connectivity index is 1.79. The van der Waals surface area contributed by atoms with Crippen molar-refractivity contribution in [2.75, 3.05) is 0 Å². The zero-order valence-corrected chi connectivity index (χ0v) is 16.7. The fraction of sp³-hybridized carbons (Fsp3) is 0.0588. The van der Waals surface area contributed by atoms with E-state index in [0.717, 1.165) is 17.3 Å². The second kappa shape index (κ2) is 8.11. The quantitative estimate of drug-likeness (QED) is 0.565. The molecule has 0 unspecified atom stereocenters. The maximum atomic E-state index is 11.6. The van der Waals surface area contributed by atoms with E-state index in [1.54, 1.807) is 30.3 Å². The molecule has 1 heterocycles. The Morgan fingerprint density at radius 2 is 1.65 bits per heavy atom. The minimum Gasteiger partial charge on any atom is -0.486 e. The van der Waals surface area contributed by atoms with Gasteiger partial charge in [-0.3, -0.25) is 14.9 Å². The molecular weight excluding hydrogens is 440 g/mol. The van der Waals surface area contributed by atoms with Crippen LogP contribution in [0.25, 0.3) is 6.08 Å². The van der Waals surface area contributed by atoms with Crippen molar-refractivity contribution in [3.8, 4) is 5.75 Å². The van der Waals surface area contributed by atoms with Crippen molar-refractivity contribution in [3.63, 3.8) is 0 Å². The third-order valence-electron chi connectivity index (χ3n) is 3.33. The van der Waals surface area contributed by atoms with Gasteiger partial charge in [0, 0.05) is 0 Å². The topological polar surface area (TPSA) is 55.4 Å². The maximum absolute atomic E-state index is 11.6. The highest BCUT2D eigenvalue weighted by atomic mass is 35.5. The van der Waals surface area contributed by atoms with E-state index < -0.39 is 11.1 Å². The smallest absolute Gasteiger partial charge is 0.290 e. The van der Waals surface area contributed by atoms with E-state index in [2.05, 4.69) is 5.32 Å². The molecule has 0 saturated carbocycles. The van der Waals surface area contributed by atoms with Crippen molar-refractivity contribution in [2.45, 2.75) is 6.61 Å². The van der Waals surface area contributed by atoms with Crippen LogP contribution in [0, 0.1) is 0 Å². The van der Waals surface area contributed by atoms with Gasteiger partial charge < -0.3 is 4.74 Å². The van der Waals surface area contributed by atoms with E-state index >= 15 is 0 Å². The number of ether oxygens (including phenoxy) is 1. The number of amides is 2. The Labute approximate surface area is 173 Å². The van der Waals surface area contributed by atoms with Crippen LogP contribution >= 0.6 is 58.2 Å². The zero-order chi connectivity index (χ0) is 18.8. The molecule has 0 aliphatic carbocycles. The SMILES string of the molecule is O=C1NC(=O)/C(=C/c2cc(Cl)c(OCc3ccc(Cl)c(Cl)c3)c(Cl)c2)S1. The molecular formula is C17H9Cl4NO3S. The molecule has 0 atom stereocenters. The molecule has 2 amide bonds. The summed E-state index contributed by atoms with van der Waals surface area (Å²) >= 11 is 25.2. The zero-order valence-electron chi connectivity index (χ0n) is 12.8. The predicted octanol–water partition coefficient (Wildman–Crippen LogP) is 6.20. The van der Waals surface area contributed by atoms with Gasteiger partial charge in [0.15, 0.2) is 5.75 Å². The van der Waals surface area contributed by atoms with Crippen LogP contribution in [0.3, 0.4) is 0 Å². The number of benzene rings is 2. The Morgan fingerprint density at radius 1 is 0.962 bits per heavy atom. The highest BCUT2D eigenvalue weighted by Crippen LogP contribution is 2.36. The summed E-state index contributed by atoms with van der Waals surface area (Å²) in [6, 6.07) is 8.34. The molecule has 0 radical (unpaired) electrons. The van der Waals surface area contributed by atoms with Crippen LogP contribution in [0.15, 0.2) is 35.2 Å². The Morgan fingerprint density at radius 3 is 2.23 bits per heavy atom. The average molecular weight is 449 g/mol. The van der Waals surface area contributed by atoms with Gasteiger partial charge in [0.1, 0.15) is 6.61 Å². The molecule has 1 N–H and O–H groups in total. The van der Waals surface area contributed by atoms with Gasteiger partial charge in [-0.1, -0.05) is 52.5 Å². The van der Waals surface area contributed by atoms with Crippen molar-refractivity contribution < 1.29 is 14.3 Å². The molecule has 9 heteroatoms. The number of hydrogen-bond donors (Lipinski definition) is 1. The standard InChI is InChI=1S/C17H9Cl4NO3S/c18-10-2-1-8(3-11(10)19)7-25-15-12(20)4-9(5-13(15)21)6-14-16(23)22-17(24)26-14/h1-6H,7H2,(H,22,23,24)/b14-6-. The summed E-state index contributed by atoms with van der Waals surface area (Å²) < 4.78 is 5.69. The summed E-state index contributed by atoms with van der Waals surface area (Å²) in [5, 5.41) is 3.20. The van der Waals surface area contributed by atoms with Crippen molar-refractivity contribution in [2.24, 2.45) is 0 Å². The minimum absolute atomic E-state index is 0.198. The number of hydrogen-bond acceptors (Lipinski definition) is 4. The third kappa shape index (κ3) is 4.48. The van der Waals surface area contributed by atoms with Crippen molar-refractivity contribution in [1.82, 2.24) is 5.32 Å². The number of carbonyl (C=O) groups excluding carboxylic acids is 2. The highest BCUT2D eigenvalue weighted by Gasteiger charge is 2.25. The predicted molar refractivity (Wildman–Crippen MR) is 106 cm³/mol. The maximum Gasteiger partial charge on any atom is 0.290 e. The summed E-state index contributed by atoms with van der Waals surface area (Å²) in [4.78, 5) is 23.1. The van der Waals surface area contributed by atoms with E-state index in [1.807, 2.05) is 0 Å². The lowest BCUT2D eigenvalue weighted by Gasteiger charge is -2.11. The largest absolute Gasteiger partial charge is 0.486 e. The van der Waals surface area contributed by atoms with Crippen molar-refractivity contribution in [3.05, 3.63) is 66.5 Å². The Bertz CT molecular complexity index is 923. The summed E-state index contributed by atoms with van der Waals surface area (Å²) in [5.74, 6) is -0.145. The van der Waals surface area contributed by atoms with Gasteiger partial charge in [-0.2, -0.15) is 0 Å². The van der Waals surface area contributed by atoms with Crippen LogP contribution in [0.4, 0.5) is 4.79 Å². The molecule has 4 nitrogen and oxygen atoms in total. The molecule has 0 spiro atoms. The molecule has 1 aliphatic heterocycles. The fourth-order valence-corrected chi connectivity index (χ4v) is 3.77. The van der Waals surface area contributed by atoms with Gasteiger partial charge in [0.25, 0.3) is 11.1 Å². The molecule has 1 saturated heterocycles. The van der Waals surface area contributed by atoms with Crippen molar-refractivity contribution in [1.29, 1.82) is 0 Å². The average Bonchev–Trinajstić information content (AvgIpc) is 2.87. The van der Waals surface area contributed by atoms with Crippen LogP contribution in [0.1, 0.15) is 11.1 Å². The van der Waals surface area contributed by atoms with Gasteiger partial charge in [-0.25, -0.2) is 0 Å². The first-order chi connectivity index (χ1) is 12.3. The van der Waals surface area contributed by atoms with E-state index in [9.17, 15) is 9.59 Å². The number of carbonyl (C=O) groups is 2. The third-order valence-corrected chi connectivity index (χ3v) is 5.44. The lowest BCUT2D eigenvalue weighted by Crippen LogP contribution is -2.17. The van der Waals surface area contributed by atoms with Gasteiger partial charge in [-0.15, -0.1) is 0 Å². The summed E-state index contributed by atoms with van der Waals surface area (Å²) in [6.45, 7) is 0.198. The van der Waals surface area contributed by atoms with Crippen LogP contribution in [0.2, 0.25) is 20.1 Å². The van der Waals surface area contributed by atoms with E-state index in [-0.39, 0.29) is 21.6 Å². The lowest BCUT2D eigenvalue weighted by molar-refractivity contribution is -0.115. The van der Waals surface area contributed by atoms with E-state index in [0.29, 0.717) is 21.4 Å². The molecule has 2 aromatic carbocycles. The lowest BCUT2D eigenvalue weighted by atomic mass is 10.2. The van der Waals surface area contributed by atoms with Gasteiger partial charge in [0.05, 0.1) is 25.0 Å². The molecule has 1 fully saturated rings. The fourth-order valence-electron chi connectivity index (χ4n) is 2.16. The molecule has 134 valence electrons. The van der Waals surface area contributed by atoms with Gasteiger partial charge >= 0.3 is 0 Å². The minimum atomic E-state index is -0.452. The number of nitrogens with one attached hydrogen (secondary N) is 1. The summed E-state index contributed by atoms with van der Waals surface area (Å²) in [7, 11) is 0. The first-order valence-corrected chi connectivity index (χ1v) is 9.47. The van der Waals surface area contributed by atoms with E-state index in [1.165, 1.54) is 6.08 Å². The second-order valence-electron chi connectivity index (χ2n) is 5.20.